The van der Waals surface area contributed by atoms with Crippen molar-refractivity contribution >= 4 is 26.7 Å². The summed E-state index contributed by atoms with van der Waals surface area (Å²) in [7, 11) is -3.76. The number of carbonyl (C=O) groups is 1. The first-order valence-electron chi connectivity index (χ1n) is 6.69. The number of benzene rings is 2. The standard InChI is InChI=1S/C16H14N2O3S/c17-10-16(19)14-11-18(15-9-5-4-8-13(14)15)22(20,21)12-6-2-1-3-7-12/h1-9,11H,10,17H2. The molecule has 1 heterocycles. The Bertz CT molecular complexity index is 944. The molecule has 1 aromatic heterocycles. The molecule has 6 heteroatoms. The predicted octanol–water partition coefficient (Wildman–Crippen LogP) is 2.02. The molecular formula is C16H14N2O3S. The molecule has 0 atom stereocenters. The lowest BCUT2D eigenvalue weighted by Gasteiger charge is -2.07. The Labute approximate surface area is 128 Å². The number of rotatable bonds is 4. The Hall–Kier alpha value is -2.44. The highest BCUT2D eigenvalue weighted by molar-refractivity contribution is 7.90. The summed E-state index contributed by atoms with van der Waals surface area (Å²) in [5.41, 5.74) is 6.19. The SMILES string of the molecule is NCC(=O)c1cn(S(=O)(=O)c2ccccc2)c2ccccc12. The number of fused-ring (bicyclic) bond motifs is 1. The van der Waals surface area contributed by atoms with Crippen LogP contribution in [-0.4, -0.2) is 24.7 Å². The zero-order chi connectivity index (χ0) is 15.7. The maximum atomic E-state index is 12.8. The molecule has 2 N–H and O–H groups in total. The minimum absolute atomic E-state index is 0.167. The molecule has 0 fully saturated rings. The van der Waals surface area contributed by atoms with Gasteiger partial charge in [-0.15, -0.1) is 0 Å². The second-order valence-corrected chi connectivity index (χ2v) is 6.62. The molecule has 22 heavy (non-hydrogen) atoms. The molecule has 0 bridgehead atoms. The maximum Gasteiger partial charge on any atom is 0.268 e. The molecule has 0 aliphatic rings. The Morgan fingerprint density at radius 1 is 1.00 bits per heavy atom. The number of aromatic nitrogens is 1. The van der Waals surface area contributed by atoms with Crippen LogP contribution in [0.1, 0.15) is 10.4 Å². The summed E-state index contributed by atoms with van der Waals surface area (Å²) in [5, 5.41) is 0.581. The molecule has 0 radical (unpaired) electrons. The Balaban J connectivity index is 2.31. The molecule has 0 saturated carbocycles. The summed E-state index contributed by atoms with van der Waals surface area (Å²) < 4.78 is 26.7. The van der Waals surface area contributed by atoms with Crippen molar-refractivity contribution in [3.8, 4) is 0 Å². The highest BCUT2D eigenvalue weighted by atomic mass is 32.2. The van der Waals surface area contributed by atoms with E-state index in [1.807, 2.05) is 0 Å². The second kappa shape index (κ2) is 5.40. The smallest absolute Gasteiger partial charge is 0.268 e. The summed E-state index contributed by atoms with van der Waals surface area (Å²) in [6.45, 7) is -0.167. The lowest BCUT2D eigenvalue weighted by Crippen LogP contribution is -2.14. The molecule has 112 valence electrons. The number of Topliss-reactive ketones (excluding diaryl/α,β-unsaturated/α-hetero) is 1. The van der Waals surface area contributed by atoms with E-state index in [9.17, 15) is 13.2 Å². The predicted molar refractivity (Wildman–Crippen MR) is 84.3 cm³/mol. The first-order valence-corrected chi connectivity index (χ1v) is 8.13. The quantitative estimate of drug-likeness (QED) is 0.747. The van der Waals surface area contributed by atoms with Crippen LogP contribution in [0.2, 0.25) is 0 Å². The molecule has 5 nitrogen and oxygen atoms in total. The van der Waals surface area contributed by atoms with E-state index in [1.54, 1.807) is 42.5 Å². The van der Waals surface area contributed by atoms with Crippen molar-refractivity contribution in [2.24, 2.45) is 5.73 Å². The van der Waals surface area contributed by atoms with Crippen LogP contribution in [0.4, 0.5) is 0 Å². The van der Waals surface area contributed by atoms with Gasteiger partial charge in [-0.25, -0.2) is 12.4 Å². The van der Waals surface area contributed by atoms with Gasteiger partial charge in [0.05, 0.1) is 17.0 Å². The van der Waals surface area contributed by atoms with Gasteiger partial charge in [0.25, 0.3) is 10.0 Å². The van der Waals surface area contributed by atoms with Crippen molar-refractivity contribution in [3.63, 3.8) is 0 Å². The third-order valence-corrected chi connectivity index (χ3v) is 5.15. The average molecular weight is 314 g/mol. The van der Waals surface area contributed by atoms with Crippen LogP contribution >= 0.6 is 0 Å². The Kier molecular flexibility index (Phi) is 3.56. The van der Waals surface area contributed by atoms with Crippen molar-refractivity contribution in [1.29, 1.82) is 0 Å². The molecule has 0 amide bonds. The van der Waals surface area contributed by atoms with E-state index in [-0.39, 0.29) is 17.2 Å². The van der Waals surface area contributed by atoms with Crippen molar-refractivity contribution in [1.82, 2.24) is 3.97 Å². The third-order valence-electron chi connectivity index (χ3n) is 3.46. The van der Waals surface area contributed by atoms with Crippen LogP contribution in [-0.2, 0) is 10.0 Å². The van der Waals surface area contributed by atoms with Crippen molar-refractivity contribution in [2.45, 2.75) is 4.90 Å². The fourth-order valence-electron chi connectivity index (χ4n) is 2.39. The topological polar surface area (TPSA) is 82.2 Å². The van der Waals surface area contributed by atoms with Crippen LogP contribution in [0.25, 0.3) is 10.9 Å². The molecule has 0 spiro atoms. The van der Waals surface area contributed by atoms with Gasteiger partial charge >= 0.3 is 0 Å². The van der Waals surface area contributed by atoms with Gasteiger partial charge in [-0.05, 0) is 18.2 Å². The summed E-state index contributed by atoms with van der Waals surface area (Å²) >= 11 is 0. The van der Waals surface area contributed by atoms with E-state index in [1.165, 1.54) is 18.3 Å². The number of ketones is 1. The number of hydrogen-bond acceptors (Lipinski definition) is 4. The molecular weight excluding hydrogens is 300 g/mol. The van der Waals surface area contributed by atoms with Gasteiger partial charge in [-0.3, -0.25) is 4.79 Å². The van der Waals surface area contributed by atoms with Gasteiger partial charge < -0.3 is 5.73 Å². The van der Waals surface area contributed by atoms with Gasteiger partial charge in [0, 0.05) is 17.1 Å². The van der Waals surface area contributed by atoms with Gasteiger partial charge in [-0.1, -0.05) is 36.4 Å². The lowest BCUT2D eigenvalue weighted by molar-refractivity contribution is 0.100. The minimum atomic E-state index is -3.76. The summed E-state index contributed by atoms with van der Waals surface area (Å²) in [6, 6.07) is 15.0. The normalized spacial score (nSPS) is 11.7. The zero-order valence-corrected chi connectivity index (χ0v) is 12.5. The van der Waals surface area contributed by atoms with Gasteiger partial charge in [0.2, 0.25) is 0 Å². The molecule has 3 aromatic rings. The zero-order valence-electron chi connectivity index (χ0n) is 11.6. The number of nitrogens with zero attached hydrogens (tertiary/aromatic N) is 1. The molecule has 0 aliphatic carbocycles. The van der Waals surface area contributed by atoms with Gasteiger partial charge in [0.1, 0.15) is 0 Å². The highest BCUT2D eigenvalue weighted by Crippen LogP contribution is 2.26. The van der Waals surface area contributed by atoms with Crippen molar-refractivity contribution < 1.29 is 13.2 Å². The van der Waals surface area contributed by atoms with E-state index in [2.05, 4.69) is 0 Å². The summed E-state index contributed by atoms with van der Waals surface area (Å²) in [5.74, 6) is -0.293. The van der Waals surface area contributed by atoms with E-state index in [4.69, 9.17) is 5.73 Å². The molecule has 3 rings (SSSR count). The third kappa shape index (κ3) is 2.22. The molecule has 0 aliphatic heterocycles. The van der Waals surface area contributed by atoms with Crippen LogP contribution in [0.5, 0.6) is 0 Å². The fourth-order valence-corrected chi connectivity index (χ4v) is 3.78. The second-order valence-electron chi connectivity index (χ2n) is 4.80. The maximum absolute atomic E-state index is 12.8. The first kappa shape index (κ1) is 14.5. The van der Waals surface area contributed by atoms with Crippen molar-refractivity contribution in [2.75, 3.05) is 6.54 Å². The summed E-state index contributed by atoms with van der Waals surface area (Å²) in [6.07, 6.45) is 1.35. The molecule has 0 saturated heterocycles. The van der Waals surface area contributed by atoms with Gasteiger partial charge in [-0.2, -0.15) is 0 Å². The number of nitrogens with two attached hydrogens (primary N) is 1. The fraction of sp³-hybridized carbons (Fsp3) is 0.0625. The van der Waals surface area contributed by atoms with Crippen LogP contribution in [0.3, 0.4) is 0 Å². The highest BCUT2D eigenvalue weighted by Gasteiger charge is 2.22. The Morgan fingerprint density at radius 3 is 2.32 bits per heavy atom. The van der Waals surface area contributed by atoms with Gasteiger partial charge in [0.15, 0.2) is 5.78 Å². The Morgan fingerprint density at radius 2 is 1.64 bits per heavy atom. The number of para-hydroxylation sites is 1. The lowest BCUT2D eigenvalue weighted by atomic mass is 10.1. The minimum Gasteiger partial charge on any atom is -0.324 e. The first-order chi connectivity index (χ1) is 10.6. The van der Waals surface area contributed by atoms with E-state index < -0.39 is 10.0 Å². The number of carbonyl (C=O) groups excluding carboxylic acids is 1. The van der Waals surface area contributed by atoms with E-state index >= 15 is 0 Å². The number of hydrogen-bond donors (Lipinski definition) is 1. The molecule has 2 aromatic carbocycles. The largest absolute Gasteiger partial charge is 0.324 e. The van der Waals surface area contributed by atoms with E-state index in [0.29, 0.717) is 16.5 Å². The van der Waals surface area contributed by atoms with E-state index in [0.717, 1.165) is 3.97 Å². The monoisotopic (exact) mass is 314 g/mol. The van der Waals surface area contributed by atoms with Crippen LogP contribution < -0.4 is 5.73 Å². The van der Waals surface area contributed by atoms with Crippen LogP contribution in [0.15, 0.2) is 65.7 Å². The average Bonchev–Trinajstić information content (AvgIpc) is 2.95. The summed E-state index contributed by atoms with van der Waals surface area (Å²) in [4.78, 5) is 12.1. The van der Waals surface area contributed by atoms with Crippen molar-refractivity contribution in [3.05, 3.63) is 66.4 Å². The van der Waals surface area contributed by atoms with Crippen LogP contribution in [0, 0.1) is 0 Å². The molecule has 0 unspecified atom stereocenters.